The van der Waals surface area contributed by atoms with E-state index in [1.165, 1.54) is 6.33 Å². The number of hydrogen-bond donors (Lipinski definition) is 3. The van der Waals surface area contributed by atoms with Crippen molar-refractivity contribution >= 4 is 99.0 Å². The first-order chi connectivity index (χ1) is 53.2. The molecule has 37 nitrogen and oxygen atoms in total. The van der Waals surface area contributed by atoms with E-state index in [2.05, 4.69) is 107 Å². The predicted molar refractivity (Wildman–Crippen MR) is 412 cm³/mol. The van der Waals surface area contributed by atoms with Crippen LogP contribution in [-0.4, -0.2) is 174 Å². The predicted octanol–water partition coefficient (Wildman–Crippen LogP) is 5.46. The third kappa shape index (κ3) is 13.5. The topological polar surface area (TPSA) is 421 Å². The van der Waals surface area contributed by atoms with Gasteiger partial charge in [0.05, 0.1) is 89.9 Å². The van der Waals surface area contributed by atoms with Crippen molar-refractivity contribution in [3.8, 4) is 91.1 Å². The van der Waals surface area contributed by atoms with Gasteiger partial charge in [-0.25, -0.2) is 19.9 Å². The summed E-state index contributed by atoms with van der Waals surface area (Å²) in [5, 5.41) is 76.1. The van der Waals surface area contributed by atoms with E-state index in [9.17, 15) is 4.79 Å². The number of aromatic nitrogens is 36. The number of halogens is 1. The molecule has 20 rings (SSSR count). The Morgan fingerprint density at radius 2 is 0.509 bits per heavy atom. The van der Waals surface area contributed by atoms with E-state index in [-0.39, 0.29) is 38.3 Å². The van der Waals surface area contributed by atoms with E-state index in [1.54, 1.807) is 62.2 Å². The summed E-state index contributed by atoms with van der Waals surface area (Å²) >= 11 is 0. The minimum absolute atomic E-state index is 0. The molecule has 112 heavy (non-hydrogen) atoms. The average molecular weight is 1550 g/mol. The monoisotopic (exact) mass is 1550 g/mol. The number of aryl methyl sites for hydroxylation is 9. The number of aldehydes is 1. The van der Waals surface area contributed by atoms with Gasteiger partial charge in [-0.2, -0.15) is 0 Å². The van der Waals surface area contributed by atoms with Gasteiger partial charge in [-0.1, -0.05) is 31.7 Å². The minimum atomic E-state index is 0. The van der Waals surface area contributed by atoms with Crippen molar-refractivity contribution in [3.05, 3.63) is 181 Å². The Balaban J connectivity index is 0.000000165. The zero-order chi connectivity index (χ0) is 74.6. The molecule has 0 saturated heterocycles. The summed E-state index contributed by atoms with van der Waals surface area (Å²) in [4.78, 5) is 51.0. The zero-order valence-electron chi connectivity index (χ0n) is 60.2. The first-order valence-electron chi connectivity index (χ1n) is 33.6. The van der Waals surface area contributed by atoms with Crippen LogP contribution < -0.4 is 22.4 Å². The molecule has 0 aliphatic carbocycles. The van der Waals surface area contributed by atoms with Crippen LogP contribution in [0.4, 0.5) is 0 Å². The van der Waals surface area contributed by atoms with Crippen LogP contribution in [0.1, 0.15) is 65.0 Å². The fraction of sp³-hybridized carbons (Fsp3) is 0.137. The summed E-state index contributed by atoms with van der Waals surface area (Å²) in [6, 6.07) is 19.7. The Kier molecular flexibility index (Phi) is 20.4. The number of aromatic amines is 3. The van der Waals surface area contributed by atoms with Crippen molar-refractivity contribution in [1.82, 2.24) is 178 Å². The Bertz CT molecular complexity index is 5620. The summed E-state index contributed by atoms with van der Waals surface area (Å²) in [6.07, 6.45) is 34.9. The molecule has 0 atom stereocenters. The molecule has 0 aromatic carbocycles. The van der Waals surface area contributed by atoms with E-state index in [4.69, 9.17) is 29.9 Å². The maximum Gasteiger partial charge on any atom is 3.00 e. The second-order valence-corrected chi connectivity index (χ2v) is 25.3. The standard InChI is InChI=1S/C32H26N16.C32H24N16.C4H5N3O.C4H5N.CH4.ClH.Mn.H2/c2*1-45-13-33-41-29(45)25-17-5-7-19(37-17)26(30-42-34-14-46(30)2)21-9-11-23(39-21)28(32-44-36-16-48(32)4)24-12-10-22(40-24)27(20-8-6-18(25)38-20)31-43-35-15-47(31)3;1-7-3-5-6-4(7)2-8;1-2-4-5-3-1;;;;/h5-16,37,40H,1-4H3;5-16H,1-4H3;2-3H,1H3;1-5H;1H4;1H;;1H/q;-2;;;;;+3;/p-1/i;;;;;;;1+1. The average Bonchev–Trinajstić information content (AvgIpc) is 1.61. The number of H-pyrrole nitrogens is 3. The van der Waals surface area contributed by atoms with E-state index >= 15 is 0 Å². The number of carbonyl (C=O) groups is 1. The van der Waals surface area contributed by atoms with Gasteiger partial charge >= 0.3 is 17.1 Å². The molecule has 0 fully saturated rings. The summed E-state index contributed by atoms with van der Waals surface area (Å²) < 4.78 is 16.4. The van der Waals surface area contributed by atoms with Crippen LogP contribution in [0.3, 0.4) is 0 Å². The fourth-order valence-electron chi connectivity index (χ4n) is 12.9. The first-order valence-corrected chi connectivity index (χ1v) is 33.6. The summed E-state index contributed by atoms with van der Waals surface area (Å²) in [6.45, 7) is 0. The summed E-state index contributed by atoms with van der Waals surface area (Å²) in [5.41, 5.74) is 17.1. The molecule has 20 heterocycles. The molecule has 3 N–H and O–H groups in total. The molecule has 4 aliphatic heterocycles. The van der Waals surface area contributed by atoms with Crippen LogP contribution in [0.2, 0.25) is 0 Å². The Morgan fingerprint density at radius 1 is 0.304 bits per heavy atom. The van der Waals surface area contributed by atoms with E-state index in [0.29, 0.717) is 149 Å². The van der Waals surface area contributed by atoms with Gasteiger partial charge in [-0.15, -0.1) is 114 Å². The molecule has 16 aromatic heterocycles. The molecule has 0 unspecified atom stereocenters. The maximum absolute atomic E-state index is 9.97. The molecule has 4 aliphatic rings. The molecule has 0 saturated carbocycles. The van der Waals surface area contributed by atoms with Crippen LogP contribution in [0.15, 0.2) is 130 Å². The van der Waals surface area contributed by atoms with Crippen LogP contribution in [0.25, 0.3) is 184 Å². The molecule has 16 bridgehead atoms. The maximum atomic E-state index is 9.97. The van der Waals surface area contributed by atoms with Crippen molar-refractivity contribution in [2.75, 3.05) is 0 Å². The van der Waals surface area contributed by atoms with Gasteiger partial charge in [0.2, 0.25) is 0 Å². The van der Waals surface area contributed by atoms with Gasteiger partial charge < -0.3 is 78.4 Å². The van der Waals surface area contributed by atoms with Gasteiger partial charge in [-0.3, -0.25) is 4.79 Å². The van der Waals surface area contributed by atoms with Gasteiger partial charge in [0, 0.05) is 99.5 Å². The Hall–Kier alpha value is -14.8. The SMILES string of the molecule is C.Cn1cnnc1-c1c2nc(c(-c3nncn3C)c3ccc([n-]3)c(-c3nncn3C)c3nc(c(-c4nncn4C)c4ccc1[n-]4)C=C3)C=C2.Cn1cnnc1-c1c2nc(c(-c3nncn3C)c3ccc([nH]3)c(-c3nncn3C)c3nc(c(-c4nncn4C)c4ccc1[nH]4)C=C3)C=C2.Cn1cnnc1C=O.[2HH].[Cl-].[Mn+3].c1cc[nH]c1. The summed E-state index contributed by atoms with van der Waals surface area (Å²) in [7, 11) is 16.9. The molecule has 39 heteroatoms. The molecule has 16 aromatic rings. The van der Waals surface area contributed by atoms with Crippen molar-refractivity contribution in [3.63, 3.8) is 0 Å². The molecular weight excluding hydrogens is 1490 g/mol. The van der Waals surface area contributed by atoms with E-state index in [1.807, 2.05) is 215 Å². The van der Waals surface area contributed by atoms with Gasteiger partial charge in [0.1, 0.15) is 56.9 Å². The number of nitrogens with zero attached hydrogens (tertiary/aromatic N) is 33. The molecule has 558 valence electrons. The van der Waals surface area contributed by atoms with Gasteiger partial charge in [0.25, 0.3) is 0 Å². The quantitative estimate of drug-likeness (QED) is 0.119. The van der Waals surface area contributed by atoms with Crippen LogP contribution in [-0.2, 0) is 80.5 Å². The van der Waals surface area contributed by atoms with Crippen LogP contribution in [0, 0.1) is 0 Å². The fourth-order valence-corrected chi connectivity index (χ4v) is 12.9. The van der Waals surface area contributed by atoms with Crippen LogP contribution >= 0.6 is 0 Å². The molecule has 0 spiro atoms. The van der Waals surface area contributed by atoms with Crippen molar-refractivity contribution in [2.24, 2.45) is 63.4 Å². The minimum Gasteiger partial charge on any atom is -1.00 e. The smallest absolute Gasteiger partial charge is 1.00 e. The van der Waals surface area contributed by atoms with Gasteiger partial charge in [0.15, 0.2) is 58.7 Å². The molecular formula is C73H66ClMnN36O. The zero-order valence-corrected chi connectivity index (χ0v) is 62.2. The van der Waals surface area contributed by atoms with Crippen molar-refractivity contribution in [2.45, 2.75) is 7.43 Å². The molecule has 0 amide bonds. The number of hydrogen-bond acceptors (Lipinski definition) is 23. The summed E-state index contributed by atoms with van der Waals surface area (Å²) in [5.74, 6) is 5.37. The normalized spacial score (nSPS) is 11.7. The van der Waals surface area contributed by atoms with Crippen molar-refractivity contribution < 1.29 is 35.7 Å². The Morgan fingerprint density at radius 3 is 0.679 bits per heavy atom. The third-order valence-corrected chi connectivity index (χ3v) is 18.2. The second kappa shape index (κ2) is 30.8. The van der Waals surface area contributed by atoms with Crippen LogP contribution in [0.5, 0.6) is 0 Å². The largest absolute Gasteiger partial charge is 3.00 e. The number of carbonyl (C=O) groups excluding carboxylic acids is 1. The Labute approximate surface area is 652 Å². The van der Waals surface area contributed by atoms with Crippen molar-refractivity contribution in [1.29, 1.82) is 0 Å². The van der Waals surface area contributed by atoms with Gasteiger partial charge in [-0.05, 0) is 85.0 Å². The third-order valence-electron chi connectivity index (χ3n) is 18.2. The number of rotatable bonds is 9. The van der Waals surface area contributed by atoms with E-state index < -0.39 is 0 Å². The molecule has 0 radical (unpaired) electrons. The number of nitrogens with one attached hydrogen (secondary N) is 3. The first kappa shape index (κ1) is 74.1. The second-order valence-electron chi connectivity index (χ2n) is 25.3. The number of fused-ring (bicyclic) bond motifs is 16. The van der Waals surface area contributed by atoms with E-state index in [0.717, 1.165) is 44.3 Å².